The highest BCUT2D eigenvalue weighted by Crippen LogP contribution is 2.25. The second-order valence-electron chi connectivity index (χ2n) is 4.37. The Bertz CT molecular complexity index is 120. The van der Waals surface area contributed by atoms with Crippen molar-refractivity contribution < 1.29 is 0 Å². The molecular weight excluding hydrogens is 134 g/mol. The van der Waals surface area contributed by atoms with Crippen molar-refractivity contribution in [2.24, 2.45) is 11.8 Å². The molecule has 1 saturated heterocycles. The molecule has 0 aromatic heterocycles. The molecule has 0 N–H and O–H groups in total. The summed E-state index contributed by atoms with van der Waals surface area (Å²) in [6.45, 7) is 8.32. The highest BCUT2D eigenvalue weighted by Gasteiger charge is 2.24. The minimum absolute atomic E-state index is 0.810. The maximum Gasteiger partial charge on any atom is 0.00641 e. The van der Waals surface area contributed by atoms with E-state index in [4.69, 9.17) is 0 Å². The first kappa shape index (κ1) is 9.05. The summed E-state index contributed by atoms with van der Waals surface area (Å²) < 4.78 is 0. The molecule has 0 saturated carbocycles. The van der Waals surface area contributed by atoms with Crippen LogP contribution in [0.5, 0.6) is 0 Å². The van der Waals surface area contributed by atoms with Crippen LogP contribution in [0.25, 0.3) is 0 Å². The van der Waals surface area contributed by atoms with Crippen LogP contribution in [-0.2, 0) is 0 Å². The molecule has 0 radical (unpaired) electrons. The van der Waals surface area contributed by atoms with Crippen LogP contribution in [0, 0.1) is 11.8 Å². The third-order valence-electron chi connectivity index (χ3n) is 3.17. The fourth-order valence-electron chi connectivity index (χ4n) is 1.86. The third-order valence-corrected chi connectivity index (χ3v) is 3.17. The summed E-state index contributed by atoms with van der Waals surface area (Å²) in [5, 5.41) is 0. The fraction of sp³-hybridized carbons (Fsp3) is 1.00. The van der Waals surface area contributed by atoms with Gasteiger partial charge in [0.25, 0.3) is 0 Å². The number of hydrogen-bond acceptors (Lipinski definition) is 1. The summed E-state index contributed by atoms with van der Waals surface area (Å²) in [5.74, 6) is 1.81. The monoisotopic (exact) mass is 155 g/mol. The molecule has 0 aliphatic carbocycles. The molecule has 0 aromatic carbocycles. The van der Waals surface area contributed by atoms with Crippen LogP contribution in [0.15, 0.2) is 0 Å². The second kappa shape index (κ2) is 3.57. The zero-order valence-corrected chi connectivity index (χ0v) is 8.30. The molecule has 0 spiro atoms. The van der Waals surface area contributed by atoms with Crippen molar-refractivity contribution in [1.82, 2.24) is 4.90 Å². The van der Waals surface area contributed by atoms with E-state index < -0.39 is 0 Å². The Morgan fingerprint density at radius 3 is 2.36 bits per heavy atom. The lowest BCUT2D eigenvalue weighted by Crippen LogP contribution is -2.40. The Hall–Kier alpha value is -0.0400. The Morgan fingerprint density at radius 1 is 1.27 bits per heavy atom. The van der Waals surface area contributed by atoms with E-state index in [2.05, 4.69) is 32.7 Å². The maximum atomic E-state index is 2.49. The largest absolute Gasteiger partial charge is 0.303 e. The summed E-state index contributed by atoms with van der Waals surface area (Å²) >= 11 is 0. The summed E-state index contributed by atoms with van der Waals surface area (Å²) in [6.07, 6.45) is 2.82. The first-order chi connectivity index (χ1) is 5.11. The summed E-state index contributed by atoms with van der Waals surface area (Å²) in [7, 11) is 2.25. The van der Waals surface area contributed by atoms with Crippen LogP contribution < -0.4 is 0 Å². The van der Waals surface area contributed by atoms with E-state index in [0.29, 0.717) is 0 Å². The quantitative estimate of drug-likeness (QED) is 0.562. The molecule has 0 unspecified atom stereocenters. The average molecular weight is 155 g/mol. The van der Waals surface area contributed by atoms with Crippen molar-refractivity contribution in [2.45, 2.75) is 39.7 Å². The molecule has 0 aromatic rings. The molecule has 1 heteroatoms. The van der Waals surface area contributed by atoms with Crippen LogP contribution in [0.2, 0.25) is 0 Å². The molecule has 1 heterocycles. The van der Waals surface area contributed by atoms with Crippen molar-refractivity contribution in [3.8, 4) is 0 Å². The van der Waals surface area contributed by atoms with E-state index in [1.807, 2.05) is 0 Å². The van der Waals surface area contributed by atoms with E-state index in [1.165, 1.54) is 19.4 Å². The Balaban J connectivity index is 2.40. The second-order valence-corrected chi connectivity index (χ2v) is 4.37. The number of hydrogen-bond donors (Lipinski definition) is 0. The number of likely N-dealkylation sites (tertiary alicyclic amines) is 1. The first-order valence-electron chi connectivity index (χ1n) is 4.81. The van der Waals surface area contributed by atoms with Crippen molar-refractivity contribution in [3.05, 3.63) is 0 Å². The zero-order valence-electron chi connectivity index (χ0n) is 8.30. The van der Waals surface area contributed by atoms with Gasteiger partial charge in [0.15, 0.2) is 0 Å². The molecule has 11 heavy (non-hydrogen) atoms. The Morgan fingerprint density at radius 2 is 1.91 bits per heavy atom. The van der Waals surface area contributed by atoms with Gasteiger partial charge < -0.3 is 4.90 Å². The van der Waals surface area contributed by atoms with Crippen molar-refractivity contribution in [1.29, 1.82) is 0 Å². The molecule has 1 nitrogen and oxygen atoms in total. The van der Waals surface area contributed by atoms with Gasteiger partial charge in [-0.15, -0.1) is 0 Å². The van der Waals surface area contributed by atoms with Crippen molar-refractivity contribution in [3.63, 3.8) is 0 Å². The highest BCUT2D eigenvalue weighted by atomic mass is 15.1. The van der Waals surface area contributed by atoms with E-state index in [1.54, 1.807) is 0 Å². The summed E-state index contributed by atoms with van der Waals surface area (Å²) in [6, 6.07) is 0.810. The predicted molar refractivity (Wildman–Crippen MR) is 49.7 cm³/mol. The highest BCUT2D eigenvalue weighted by molar-refractivity contribution is 4.77. The van der Waals surface area contributed by atoms with Crippen LogP contribution in [-0.4, -0.2) is 24.5 Å². The molecule has 1 aliphatic heterocycles. The van der Waals surface area contributed by atoms with Gasteiger partial charge in [-0.2, -0.15) is 0 Å². The standard InChI is InChI=1S/C10H21N/c1-8(2)10-6-5-9(3)11(4)7-10/h8-10H,5-7H2,1-4H3/t9-,10-/m0/s1. The smallest absolute Gasteiger partial charge is 0.00641 e. The summed E-state index contributed by atoms with van der Waals surface area (Å²) in [4.78, 5) is 2.49. The lowest BCUT2D eigenvalue weighted by atomic mass is 9.86. The number of nitrogens with zero attached hydrogens (tertiary/aromatic N) is 1. The molecule has 1 rings (SSSR count). The lowest BCUT2D eigenvalue weighted by molar-refractivity contribution is 0.123. The Labute approximate surface area is 70.8 Å². The normalized spacial score (nSPS) is 34.6. The van der Waals surface area contributed by atoms with Gasteiger partial charge in [-0.3, -0.25) is 0 Å². The van der Waals surface area contributed by atoms with Gasteiger partial charge in [0, 0.05) is 12.6 Å². The van der Waals surface area contributed by atoms with E-state index in [0.717, 1.165) is 17.9 Å². The molecule has 66 valence electrons. The van der Waals surface area contributed by atoms with Crippen LogP contribution >= 0.6 is 0 Å². The van der Waals surface area contributed by atoms with Gasteiger partial charge in [0.2, 0.25) is 0 Å². The molecule has 2 atom stereocenters. The molecule has 0 amide bonds. The predicted octanol–water partition coefficient (Wildman–Crippen LogP) is 2.37. The topological polar surface area (TPSA) is 3.24 Å². The third kappa shape index (κ3) is 2.19. The van der Waals surface area contributed by atoms with Gasteiger partial charge in [0.05, 0.1) is 0 Å². The van der Waals surface area contributed by atoms with Gasteiger partial charge in [-0.25, -0.2) is 0 Å². The number of rotatable bonds is 1. The zero-order chi connectivity index (χ0) is 8.43. The molecular formula is C10H21N. The van der Waals surface area contributed by atoms with Crippen LogP contribution in [0.4, 0.5) is 0 Å². The summed E-state index contributed by atoms with van der Waals surface area (Å²) in [5.41, 5.74) is 0. The molecule has 1 aliphatic rings. The number of piperidine rings is 1. The average Bonchev–Trinajstić information content (AvgIpc) is 1.94. The first-order valence-corrected chi connectivity index (χ1v) is 4.81. The van der Waals surface area contributed by atoms with E-state index >= 15 is 0 Å². The van der Waals surface area contributed by atoms with Crippen molar-refractivity contribution >= 4 is 0 Å². The minimum atomic E-state index is 0.810. The van der Waals surface area contributed by atoms with Gasteiger partial charge in [-0.1, -0.05) is 13.8 Å². The SMILES string of the molecule is CC(C)[C@H]1CC[C@H](C)N(C)C1. The minimum Gasteiger partial charge on any atom is -0.303 e. The van der Waals surface area contributed by atoms with Crippen LogP contribution in [0.1, 0.15) is 33.6 Å². The Kier molecular flexibility index (Phi) is 2.94. The fourth-order valence-corrected chi connectivity index (χ4v) is 1.86. The van der Waals surface area contributed by atoms with Gasteiger partial charge in [-0.05, 0) is 38.6 Å². The van der Waals surface area contributed by atoms with Crippen LogP contribution in [0.3, 0.4) is 0 Å². The van der Waals surface area contributed by atoms with Gasteiger partial charge in [0.1, 0.15) is 0 Å². The van der Waals surface area contributed by atoms with Gasteiger partial charge >= 0.3 is 0 Å². The molecule has 1 fully saturated rings. The van der Waals surface area contributed by atoms with E-state index in [-0.39, 0.29) is 0 Å². The molecule has 0 bridgehead atoms. The van der Waals surface area contributed by atoms with Crippen molar-refractivity contribution in [2.75, 3.05) is 13.6 Å². The maximum absolute atomic E-state index is 2.49. The lowest BCUT2D eigenvalue weighted by Gasteiger charge is -2.37. The van der Waals surface area contributed by atoms with E-state index in [9.17, 15) is 0 Å².